The van der Waals surface area contributed by atoms with Gasteiger partial charge in [0.05, 0.1) is 13.2 Å². The molecule has 0 saturated carbocycles. The first-order valence-corrected chi connectivity index (χ1v) is 13.9. The first kappa shape index (κ1) is 26.5. The van der Waals surface area contributed by atoms with Crippen molar-refractivity contribution in [3.05, 3.63) is 78.2 Å². The SMILES string of the molecule is CCOP(=S)(OCC)Oc1cc(C)nc(C(C)C)n1.c1ccc(Sc2ccccc2)cc1. The summed E-state index contributed by atoms with van der Waals surface area (Å²) in [5, 5.41) is 0. The van der Waals surface area contributed by atoms with Gasteiger partial charge in [0.15, 0.2) is 0 Å². The molecule has 0 aliphatic carbocycles. The molecular formula is C24H31N2O3PS2. The molecule has 2 aromatic carbocycles. The average Bonchev–Trinajstić information content (AvgIpc) is 2.75. The van der Waals surface area contributed by atoms with Crippen LogP contribution in [-0.4, -0.2) is 23.2 Å². The van der Waals surface area contributed by atoms with Gasteiger partial charge in [0.2, 0.25) is 5.88 Å². The minimum Gasteiger partial charge on any atom is -0.406 e. The van der Waals surface area contributed by atoms with Crippen LogP contribution in [0.3, 0.4) is 0 Å². The highest BCUT2D eigenvalue weighted by Gasteiger charge is 2.22. The molecule has 8 heteroatoms. The molecule has 5 nitrogen and oxygen atoms in total. The second kappa shape index (κ2) is 13.7. The van der Waals surface area contributed by atoms with Gasteiger partial charge in [-0.2, -0.15) is 4.98 Å². The van der Waals surface area contributed by atoms with Crippen molar-refractivity contribution in [3.63, 3.8) is 0 Å². The van der Waals surface area contributed by atoms with Crippen LogP contribution in [-0.2, 0) is 20.9 Å². The molecule has 3 aromatic rings. The Kier molecular flexibility index (Phi) is 11.4. The van der Waals surface area contributed by atoms with Crippen molar-refractivity contribution in [2.75, 3.05) is 13.2 Å². The van der Waals surface area contributed by atoms with E-state index in [2.05, 4.69) is 58.5 Å². The zero-order valence-corrected chi connectivity index (χ0v) is 21.8. The molecule has 1 heterocycles. The number of aryl methyl sites for hydroxylation is 1. The lowest BCUT2D eigenvalue weighted by molar-refractivity contribution is 0.215. The molecule has 0 radical (unpaired) electrons. The zero-order valence-electron chi connectivity index (χ0n) is 19.2. The van der Waals surface area contributed by atoms with E-state index in [0.29, 0.717) is 19.1 Å². The molecule has 0 aliphatic rings. The van der Waals surface area contributed by atoms with E-state index in [-0.39, 0.29) is 5.92 Å². The van der Waals surface area contributed by atoms with Crippen LogP contribution >= 0.6 is 18.5 Å². The van der Waals surface area contributed by atoms with Gasteiger partial charge in [0, 0.05) is 39.3 Å². The van der Waals surface area contributed by atoms with Crippen molar-refractivity contribution in [2.45, 2.75) is 50.3 Å². The summed E-state index contributed by atoms with van der Waals surface area (Å²) < 4.78 is 16.6. The summed E-state index contributed by atoms with van der Waals surface area (Å²) in [7, 11) is 0. The van der Waals surface area contributed by atoms with Crippen LogP contribution in [0.2, 0.25) is 0 Å². The van der Waals surface area contributed by atoms with Crippen LogP contribution in [0.15, 0.2) is 76.5 Å². The van der Waals surface area contributed by atoms with Gasteiger partial charge < -0.3 is 4.52 Å². The first-order chi connectivity index (χ1) is 15.3. The van der Waals surface area contributed by atoms with Gasteiger partial charge in [-0.3, -0.25) is 9.05 Å². The Morgan fingerprint density at radius 3 is 1.81 bits per heavy atom. The first-order valence-electron chi connectivity index (χ1n) is 10.6. The van der Waals surface area contributed by atoms with E-state index in [0.717, 1.165) is 11.5 Å². The molecule has 0 aliphatic heterocycles. The number of hydrogen-bond acceptors (Lipinski definition) is 7. The lowest BCUT2D eigenvalue weighted by Crippen LogP contribution is -2.06. The highest BCUT2D eigenvalue weighted by atomic mass is 32.5. The third-order valence-electron chi connectivity index (χ3n) is 3.87. The third-order valence-corrected chi connectivity index (χ3v) is 7.30. The van der Waals surface area contributed by atoms with E-state index in [1.54, 1.807) is 17.8 Å². The van der Waals surface area contributed by atoms with Crippen LogP contribution in [0.25, 0.3) is 0 Å². The Labute approximate surface area is 201 Å². The Morgan fingerprint density at radius 2 is 1.38 bits per heavy atom. The van der Waals surface area contributed by atoms with Gasteiger partial charge in [-0.15, -0.1) is 0 Å². The predicted molar refractivity (Wildman–Crippen MR) is 136 cm³/mol. The summed E-state index contributed by atoms with van der Waals surface area (Å²) >= 11 is 7.11. The standard InChI is InChI=1S/C12H21N2O3PS.C12H10S/c1-6-15-18(19,16-7-2)17-11-8-10(5)13-12(14-11)9(3)4;1-3-7-11(8-4-1)13-12-9-5-2-6-10-12/h8-9H,6-7H2,1-5H3;1-10H. The smallest absolute Gasteiger partial charge is 0.381 e. The number of hydrogen-bond donors (Lipinski definition) is 0. The van der Waals surface area contributed by atoms with Crippen molar-refractivity contribution >= 4 is 30.3 Å². The lowest BCUT2D eigenvalue weighted by Gasteiger charge is -2.20. The molecule has 0 amide bonds. The second-order valence-electron chi connectivity index (χ2n) is 6.96. The van der Waals surface area contributed by atoms with Gasteiger partial charge >= 0.3 is 6.72 Å². The summed E-state index contributed by atoms with van der Waals surface area (Å²) in [6.45, 7) is 7.78. The molecule has 0 N–H and O–H groups in total. The van der Waals surface area contributed by atoms with Gasteiger partial charge in [0.25, 0.3) is 0 Å². The quantitative estimate of drug-likeness (QED) is 0.289. The number of aromatic nitrogens is 2. The molecule has 1 aromatic heterocycles. The summed E-state index contributed by atoms with van der Waals surface area (Å²) in [5.41, 5.74) is 0.836. The minimum atomic E-state index is -2.77. The summed E-state index contributed by atoms with van der Waals surface area (Å²) in [4.78, 5) is 11.3. The van der Waals surface area contributed by atoms with E-state index >= 15 is 0 Å². The van der Waals surface area contributed by atoms with Crippen LogP contribution in [0.5, 0.6) is 5.88 Å². The van der Waals surface area contributed by atoms with Gasteiger partial charge in [-0.1, -0.05) is 62.0 Å². The molecule has 172 valence electrons. The fraction of sp³-hybridized carbons (Fsp3) is 0.333. The van der Waals surface area contributed by atoms with Crippen molar-refractivity contribution in [3.8, 4) is 5.88 Å². The minimum absolute atomic E-state index is 0.222. The van der Waals surface area contributed by atoms with Crippen molar-refractivity contribution < 1.29 is 13.6 Å². The molecule has 0 saturated heterocycles. The van der Waals surface area contributed by atoms with Crippen LogP contribution in [0, 0.1) is 6.92 Å². The molecule has 0 bridgehead atoms. The molecule has 0 unspecified atom stereocenters. The maximum absolute atomic E-state index is 5.68. The van der Waals surface area contributed by atoms with Crippen molar-refractivity contribution in [1.82, 2.24) is 9.97 Å². The molecule has 0 spiro atoms. The van der Waals surface area contributed by atoms with Crippen LogP contribution < -0.4 is 4.52 Å². The number of benzene rings is 2. The topological polar surface area (TPSA) is 53.5 Å². The number of nitrogens with zero attached hydrogens (tertiary/aromatic N) is 2. The summed E-state index contributed by atoms with van der Waals surface area (Å²) in [5.74, 6) is 1.37. The Hall–Kier alpha value is -1.76. The van der Waals surface area contributed by atoms with Gasteiger partial charge in [-0.05, 0) is 45.0 Å². The van der Waals surface area contributed by atoms with Crippen LogP contribution in [0.4, 0.5) is 0 Å². The van der Waals surface area contributed by atoms with E-state index in [1.807, 2.05) is 46.8 Å². The Morgan fingerprint density at radius 1 is 0.875 bits per heavy atom. The monoisotopic (exact) mass is 490 g/mol. The van der Waals surface area contributed by atoms with Crippen molar-refractivity contribution in [2.24, 2.45) is 0 Å². The Bertz CT molecular complexity index is 942. The van der Waals surface area contributed by atoms with Gasteiger partial charge in [0.1, 0.15) is 5.82 Å². The van der Waals surface area contributed by atoms with Gasteiger partial charge in [-0.25, -0.2) is 4.98 Å². The lowest BCUT2D eigenvalue weighted by atomic mass is 10.2. The molecular weight excluding hydrogens is 459 g/mol. The van der Waals surface area contributed by atoms with E-state index in [4.69, 9.17) is 25.4 Å². The average molecular weight is 491 g/mol. The maximum Gasteiger partial charge on any atom is 0.381 e. The molecule has 0 atom stereocenters. The summed E-state index contributed by atoms with van der Waals surface area (Å²) in [6.07, 6.45) is 0. The Balaban J connectivity index is 0.000000242. The predicted octanol–water partition coefficient (Wildman–Crippen LogP) is 7.42. The fourth-order valence-electron chi connectivity index (χ4n) is 2.50. The normalized spacial score (nSPS) is 11.1. The number of rotatable bonds is 9. The van der Waals surface area contributed by atoms with E-state index < -0.39 is 6.72 Å². The van der Waals surface area contributed by atoms with E-state index in [1.165, 1.54) is 9.79 Å². The highest BCUT2D eigenvalue weighted by Crippen LogP contribution is 2.49. The highest BCUT2D eigenvalue weighted by molar-refractivity contribution is 8.07. The van der Waals surface area contributed by atoms with Crippen LogP contribution in [0.1, 0.15) is 45.1 Å². The third kappa shape index (κ3) is 9.39. The van der Waals surface area contributed by atoms with Crippen molar-refractivity contribution in [1.29, 1.82) is 0 Å². The molecule has 32 heavy (non-hydrogen) atoms. The second-order valence-corrected chi connectivity index (χ2v) is 11.0. The maximum atomic E-state index is 5.68. The summed E-state index contributed by atoms with van der Waals surface area (Å²) in [6, 6.07) is 22.5. The van der Waals surface area contributed by atoms with E-state index in [9.17, 15) is 0 Å². The molecule has 0 fully saturated rings. The molecule has 3 rings (SSSR count). The fourth-order valence-corrected chi connectivity index (χ4v) is 5.36. The largest absolute Gasteiger partial charge is 0.406 e. The zero-order chi connectivity index (χ0) is 23.4.